The molecule has 1 saturated carbocycles. The number of sulfonamides is 1. The van der Waals surface area contributed by atoms with Crippen LogP contribution in [0.4, 0.5) is 5.69 Å². The molecule has 2 aromatic carbocycles. The number of amides is 1. The molecule has 2 aromatic rings. The molecule has 0 unspecified atom stereocenters. The summed E-state index contributed by atoms with van der Waals surface area (Å²) in [6, 6.07) is 15.0. The summed E-state index contributed by atoms with van der Waals surface area (Å²) in [4.78, 5) is 14.3. The van der Waals surface area contributed by atoms with E-state index in [0.29, 0.717) is 30.8 Å². The number of rotatable bonds is 6. The van der Waals surface area contributed by atoms with E-state index in [4.69, 9.17) is 0 Å². The first-order valence-corrected chi connectivity index (χ1v) is 13.4. The number of carbonyl (C=O) groups excluding carboxylic acids is 1. The van der Waals surface area contributed by atoms with Crippen molar-refractivity contribution in [3.8, 4) is 0 Å². The van der Waals surface area contributed by atoms with E-state index in [0.717, 1.165) is 16.5 Å². The quantitative estimate of drug-likeness (QED) is 0.656. The summed E-state index contributed by atoms with van der Waals surface area (Å²) in [5.41, 5.74) is 1.83. The van der Waals surface area contributed by atoms with Gasteiger partial charge in [0.15, 0.2) is 0 Å². The normalized spacial score (nSPS) is 18.9. The van der Waals surface area contributed by atoms with E-state index < -0.39 is 10.0 Å². The number of benzene rings is 2. The molecule has 0 atom stereocenters. The Morgan fingerprint density at radius 1 is 0.935 bits per heavy atom. The van der Waals surface area contributed by atoms with Crippen molar-refractivity contribution in [3.05, 3.63) is 54.1 Å². The Balaban J connectivity index is 1.29. The monoisotopic (exact) mass is 458 g/mol. The van der Waals surface area contributed by atoms with Crippen LogP contribution in [0.25, 0.3) is 0 Å². The van der Waals surface area contributed by atoms with Gasteiger partial charge in [-0.3, -0.25) is 4.79 Å². The molecule has 1 aliphatic carbocycles. The van der Waals surface area contributed by atoms with Crippen LogP contribution in [-0.4, -0.2) is 37.0 Å². The van der Waals surface area contributed by atoms with Crippen molar-refractivity contribution in [2.75, 3.05) is 18.4 Å². The van der Waals surface area contributed by atoms with Crippen molar-refractivity contribution in [1.29, 1.82) is 0 Å². The average Bonchev–Trinajstić information content (AvgIpc) is 3.28. The number of nitrogens with zero attached hydrogens (tertiary/aromatic N) is 1. The van der Waals surface area contributed by atoms with Gasteiger partial charge in [-0.05, 0) is 69.0 Å². The first-order chi connectivity index (χ1) is 14.9. The summed E-state index contributed by atoms with van der Waals surface area (Å²) >= 11 is 1.93. The molecule has 0 spiro atoms. The van der Waals surface area contributed by atoms with Gasteiger partial charge in [0.25, 0.3) is 0 Å². The molecule has 31 heavy (non-hydrogen) atoms. The van der Waals surface area contributed by atoms with Gasteiger partial charge in [0.05, 0.1) is 4.90 Å². The minimum atomic E-state index is -3.50. The highest BCUT2D eigenvalue weighted by atomic mass is 32.2. The van der Waals surface area contributed by atoms with Crippen LogP contribution in [0.5, 0.6) is 0 Å². The van der Waals surface area contributed by atoms with Gasteiger partial charge in [-0.1, -0.05) is 30.5 Å². The van der Waals surface area contributed by atoms with Crippen molar-refractivity contribution in [2.24, 2.45) is 5.92 Å². The minimum Gasteiger partial charge on any atom is -0.326 e. The number of carbonyl (C=O) groups is 1. The van der Waals surface area contributed by atoms with Crippen LogP contribution in [0.2, 0.25) is 0 Å². The third-order valence-electron chi connectivity index (χ3n) is 6.21. The maximum absolute atomic E-state index is 12.8. The Morgan fingerprint density at radius 3 is 2.16 bits per heavy atom. The maximum atomic E-state index is 12.8. The second-order valence-corrected chi connectivity index (χ2v) is 11.8. The molecule has 5 nitrogen and oxygen atoms in total. The Labute approximate surface area is 189 Å². The lowest BCUT2D eigenvalue weighted by molar-refractivity contribution is -0.120. The molecule has 1 aliphatic heterocycles. The predicted molar refractivity (Wildman–Crippen MR) is 126 cm³/mol. The van der Waals surface area contributed by atoms with E-state index in [1.54, 1.807) is 12.1 Å². The van der Waals surface area contributed by atoms with Crippen LogP contribution in [0.1, 0.15) is 44.1 Å². The molecule has 1 saturated heterocycles. The molecule has 7 heteroatoms. The van der Waals surface area contributed by atoms with Crippen LogP contribution in [0.3, 0.4) is 0 Å². The van der Waals surface area contributed by atoms with Crippen LogP contribution in [-0.2, 0) is 14.8 Å². The molecule has 1 heterocycles. The first-order valence-electron chi connectivity index (χ1n) is 11.1. The molecule has 0 bridgehead atoms. The van der Waals surface area contributed by atoms with E-state index >= 15 is 0 Å². The Kier molecular flexibility index (Phi) is 7.04. The van der Waals surface area contributed by atoms with Crippen molar-refractivity contribution < 1.29 is 13.2 Å². The third-order valence-corrected chi connectivity index (χ3v) is 9.47. The number of anilines is 1. The molecule has 166 valence electrons. The number of piperidine rings is 1. The highest BCUT2D eigenvalue weighted by molar-refractivity contribution is 8.00. The second kappa shape index (κ2) is 9.76. The minimum absolute atomic E-state index is 0.0245. The number of hydrogen-bond donors (Lipinski definition) is 1. The molecule has 0 radical (unpaired) electrons. The summed E-state index contributed by atoms with van der Waals surface area (Å²) in [6.45, 7) is 2.67. The van der Waals surface area contributed by atoms with E-state index in [-0.39, 0.29) is 11.8 Å². The summed E-state index contributed by atoms with van der Waals surface area (Å²) in [5.74, 6) is -0.194. The molecule has 4 rings (SSSR count). The largest absolute Gasteiger partial charge is 0.326 e. The van der Waals surface area contributed by atoms with Gasteiger partial charge in [-0.25, -0.2) is 8.42 Å². The maximum Gasteiger partial charge on any atom is 0.243 e. The van der Waals surface area contributed by atoms with E-state index in [2.05, 4.69) is 17.4 Å². The lowest BCUT2D eigenvalue weighted by atomic mass is 9.97. The summed E-state index contributed by atoms with van der Waals surface area (Å²) in [6.07, 6.45) is 6.32. The van der Waals surface area contributed by atoms with Gasteiger partial charge in [0, 0.05) is 34.8 Å². The van der Waals surface area contributed by atoms with E-state index in [9.17, 15) is 13.2 Å². The third kappa shape index (κ3) is 5.51. The second-order valence-electron chi connectivity index (χ2n) is 8.53. The van der Waals surface area contributed by atoms with Crippen molar-refractivity contribution in [3.63, 3.8) is 0 Å². The van der Waals surface area contributed by atoms with E-state index in [1.807, 2.05) is 43.0 Å². The zero-order valence-corrected chi connectivity index (χ0v) is 19.6. The molecule has 2 fully saturated rings. The van der Waals surface area contributed by atoms with Gasteiger partial charge in [0.2, 0.25) is 15.9 Å². The van der Waals surface area contributed by atoms with Crippen LogP contribution in [0, 0.1) is 12.8 Å². The van der Waals surface area contributed by atoms with Gasteiger partial charge in [-0.15, -0.1) is 11.8 Å². The van der Waals surface area contributed by atoms with Gasteiger partial charge < -0.3 is 5.32 Å². The van der Waals surface area contributed by atoms with Crippen LogP contribution >= 0.6 is 11.8 Å². The topological polar surface area (TPSA) is 66.5 Å². The Morgan fingerprint density at radius 2 is 1.55 bits per heavy atom. The van der Waals surface area contributed by atoms with Crippen molar-refractivity contribution in [2.45, 2.75) is 60.5 Å². The van der Waals surface area contributed by atoms with E-state index in [1.165, 1.54) is 34.9 Å². The molecule has 1 amide bonds. The lowest BCUT2D eigenvalue weighted by Gasteiger charge is -2.30. The summed E-state index contributed by atoms with van der Waals surface area (Å²) in [5, 5.41) is 3.73. The fourth-order valence-corrected chi connectivity index (χ4v) is 6.99. The number of aryl methyl sites for hydroxylation is 1. The van der Waals surface area contributed by atoms with Crippen molar-refractivity contribution >= 4 is 33.4 Å². The van der Waals surface area contributed by atoms with Crippen LogP contribution < -0.4 is 5.32 Å². The fourth-order valence-electron chi connectivity index (χ4n) is 4.28. The predicted octanol–water partition coefficient (Wildman–Crippen LogP) is 5.07. The van der Waals surface area contributed by atoms with Gasteiger partial charge >= 0.3 is 0 Å². The molecule has 0 aromatic heterocycles. The van der Waals surface area contributed by atoms with Gasteiger partial charge in [-0.2, -0.15) is 4.31 Å². The number of nitrogens with one attached hydrogen (secondary N) is 1. The zero-order valence-electron chi connectivity index (χ0n) is 17.9. The molecule has 1 N–H and O–H groups in total. The molecular formula is C24H30N2O3S2. The SMILES string of the molecule is Cc1ccc(S(=O)(=O)N2CCC(C(=O)Nc3ccc(SC4CCCC4)cc3)CC2)cc1. The lowest BCUT2D eigenvalue weighted by Crippen LogP contribution is -2.41. The first kappa shape index (κ1) is 22.4. The van der Waals surface area contributed by atoms with Crippen molar-refractivity contribution in [1.82, 2.24) is 4.31 Å². The summed E-state index contributed by atoms with van der Waals surface area (Å²) < 4.78 is 27.2. The Hall–Kier alpha value is -1.83. The zero-order chi connectivity index (χ0) is 21.8. The number of hydrogen-bond acceptors (Lipinski definition) is 4. The average molecular weight is 459 g/mol. The van der Waals surface area contributed by atoms with Gasteiger partial charge in [0.1, 0.15) is 0 Å². The van der Waals surface area contributed by atoms with Crippen LogP contribution in [0.15, 0.2) is 58.3 Å². The highest BCUT2D eigenvalue weighted by Gasteiger charge is 2.32. The smallest absolute Gasteiger partial charge is 0.243 e. The Bertz CT molecular complexity index is 990. The molecular weight excluding hydrogens is 428 g/mol. The summed E-state index contributed by atoms with van der Waals surface area (Å²) in [7, 11) is -3.50. The highest BCUT2D eigenvalue weighted by Crippen LogP contribution is 2.35. The fraction of sp³-hybridized carbons (Fsp3) is 0.458. The number of thioether (sulfide) groups is 1. The standard InChI is InChI=1S/C24H30N2O3S2/c1-18-6-12-23(13-7-18)31(28,29)26-16-14-19(15-17-26)24(27)25-20-8-10-22(11-9-20)30-21-4-2-3-5-21/h6-13,19,21H,2-5,14-17H2,1H3,(H,25,27). The molecule has 2 aliphatic rings.